The normalized spacial score (nSPS) is 16.6. The lowest BCUT2D eigenvalue weighted by molar-refractivity contribution is -0.137. The van der Waals surface area contributed by atoms with E-state index < -0.39 is 22.9 Å². The molecule has 1 saturated heterocycles. The number of benzene rings is 3. The zero-order valence-electron chi connectivity index (χ0n) is 21.5. The van der Waals surface area contributed by atoms with Crippen molar-refractivity contribution in [1.29, 1.82) is 0 Å². The van der Waals surface area contributed by atoms with E-state index in [1.807, 2.05) is 6.07 Å². The Kier molecular flexibility index (Phi) is 9.26. The number of carbonyl (C=O) groups is 2. The van der Waals surface area contributed by atoms with Gasteiger partial charge in [0, 0.05) is 23.7 Å². The van der Waals surface area contributed by atoms with Crippen molar-refractivity contribution in [2.24, 2.45) is 4.99 Å². The van der Waals surface area contributed by atoms with E-state index in [4.69, 9.17) is 21.1 Å². The molecule has 7 nitrogen and oxygen atoms in total. The molecule has 0 radical (unpaired) electrons. The summed E-state index contributed by atoms with van der Waals surface area (Å²) in [7, 11) is 3.04. The van der Waals surface area contributed by atoms with E-state index in [1.165, 1.54) is 31.3 Å². The maximum Gasteiger partial charge on any atom is 0.416 e. The summed E-state index contributed by atoms with van der Waals surface area (Å²) in [5, 5.41) is 2.44. The third-order valence-corrected chi connectivity index (χ3v) is 7.42. The molecule has 1 fully saturated rings. The highest BCUT2D eigenvalue weighted by Gasteiger charge is 2.36. The molecule has 1 heterocycles. The van der Waals surface area contributed by atoms with Gasteiger partial charge < -0.3 is 14.8 Å². The Labute approximate surface area is 238 Å². The summed E-state index contributed by atoms with van der Waals surface area (Å²) in [6.45, 7) is 0.182. The third kappa shape index (κ3) is 7.28. The first-order valence-electron chi connectivity index (χ1n) is 12.1. The van der Waals surface area contributed by atoms with Gasteiger partial charge >= 0.3 is 6.18 Å². The van der Waals surface area contributed by atoms with E-state index in [0.717, 1.165) is 29.5 Å². The first kappa shape index (κ1) is 29.3. The Hall–Kier alpha value is -3.70. The van der Waals surface area contributed by atoms with Crippen LogP contribution in [-0.2, 0) is 22.2 Å². The number of methoxy groups -OCH3 is 2. The second-order valence-electron chi connectivity index (χ2n) is 8.74. The molecule has 1 N–H and O–H groups in total. The first-order valence-corrected chi connectivity index (χ1v) is 13.3. The van der Waals surface area contributed by atoms with Gasteiger partial charge in [-0.1, -0.05) is 41.6 Å². The number of amidine groups is 1. The number of hydrogen-bond donors (Lipinski definition) is 1. The molecule has 1 unspecified atom stereocenters. The lowest BCUT2D eigenvalue weighted by Crippen LogP contribution is -2.46. The van der Waals surface area contributed by atoms with E-state index >= 15 is 0 Å². The van der Waals surface area contributed by atoms with Crippen LogP contribution in [0.15, 0.2) is 71.7 Å². The summed E-state index contributed by atoms with van der Waals surface area (Å²) in [6.07, 6.45) is -4.28. The SMILES string of the molecule is COc1ccc(CCN2C(=O)CC(C(=O)Nc3cccc(Cl)c3)SC2=Nc2cccc(C(F)(F)F)c2)cc1OC. The number of nitrogens with zero attached hydrogens (tertiary/aromatic N) is 2. The van der Waals surface area contributed by atoms with Crippen molar-refractivity contribution in [3.63, 3.8) is 0 Å². The van der Waals surface area contributed by atoms with E-state index in [0.29, 0.717) is 28.6 Å². The number of ether oxygens (including phenoxy) is 2. The molecular weight excluding hydrogens is 567 g/mol. The number of carbonyl (C=O) groups excluding carboxylic acids is 2. The summed E-state index contributed by atoms with van der Waals surface area (Å²) in [6, 6.07) is 16.4. The molecular formula is C28H25ClF3N3O4S. The molecule has 12 heteroatoms. The first-order chi connectivity index (χ1) is 19.1. The third-order valence-electron chi connectivity index (χ3n) is 5.99. The Morgan fingerprint density at radius 2 is 1.82 bits per heavy atom. The number of alkyl halides is 3. The molecule has 1 atom stereocenters. The van der Waals surface area contributed by atoms with Gasteiger partial charge in [0.05, 0.1) is 25.5 Å². The maximum atomic E-state index is 13.3. The van der Waals surface area contributed by atoms with Crippen LogP contribution >= 0.6 is 23.4 Å². The molecule has 2 amide bonds. The van der Waals surface area contributed by atoms with E-state index in [-0.39, 0.29) is 29.7 Å². The van der Waals surface area contributed by atoms with E-state index in [1.54, 1.807) is 36.4 Å². The van der Waals surface area contributed by atoms with Crippen molar-refractivity contribution in [2.45, 2.75) is 24.3 Å². The van der Waals surface area contributed by atoms with Crippen LogP contribution in [-0.4, -0.2) is 47.9 Å². The monoisotopic (exact) mass is 591 g/mol. The predicted octanol–water partition coefficient (Wildman–Crippen LogP) is 6.58. The Bertz CT molecular complexity index is 1430. The zero-order chi connectivity index (χ0) is 28.9. The van der Waals surface area contributed by atoms with Crippen LogP contribution in [0.1, 0.15) is 17.5 Å². The van der Waals surface area contributed by atoms with Crippen molar-refractivity contribution in [1.82, 2.24) is 4.90 Å². The number of thioether (sulfide) groups is 1. The predicted molar refractivity (Wildman–Crippen MR) is 150 cm³/mol. The van der Waals surface area contributed by atoms with Gasteiger partial charge in [0.2, 0.25) is 11.8 Å². The molecule has 3 aromatic carbocycles. The average Bonchev–Trinajstić information content (AvgIpc) is 2.92. The maximum absolute atomic E-state index is 13.3. The minimum Gasteiger partial charge on any atom is -0.493 e. The fourth-order valence-electron chi connectivity index (χ4n) is 3.99. The van der Waals surface area contributed by atoms with Crippen molar-refractivity contribution in [3.8, 4) is 11.5 Å². The fraction of sp³-hybridized carbons (Fsp3) is 0.250. The molecule has 4 rings (SSSR count). The average molecular weight is 592 g/mol. The molecule has 0 saturated carbocycles. The molecule has 0 aliphatic carbocycles. The van der Waals surface area contributed by atoms with Gasteiger partial charge in [-0.15, -0.1) is 0 Å². The standard InChI is InChI=1S/C28H25ClF3N3O4S/c1-38-22-10-9-17(13-23(22)39-2)11-12-35-25(36)16-24(26(37)33-21-8-4-6-19(29)15-21)40-27(35)34-20-7-3-5-18(14-20)28(30,31)32/h3-10,13-15,24H,11-12,16H2,1-2H3,(H,33,37). The van der Waals surface area contributed by atoms with Crippen molar-refractivity contribution in [3.05, 3.63) is 82.9 Å². The largest absolute Gasteiger partial charge is 0.493 e. The van der Waals surface area contributed by atoms with Gasteiger partial charge in [0.25, 0.3) is 0 Å². The second-order valence-corrected chi connectivity index (χ2v) is 10.3. The van der Waals surface area contributed by atoms with Crippen LogP contribution in [0.5, 0.6) is 11.5 Å². The molecule has 0 aromatic heterocycles. The molecule has 0 bridgehead atoms. The quantitative estimate of drug-likeness (QED) is 0.320. The molecule has 3 aromatic rings. The van der Waals surface area contributed by atoms with Crippen molar-refractivity contribution < 1.29 is 32.2 Å². The van der Waals surface area contributed by atoms with Crippen LogP contribution < -0.4 is 14.8 Å². The second kappa shape index (κ2) is 12.6. The lowest BCUT2D eigenvalue weighted by atomic mass is 10.1. The Morgan fingerprint density at radius 3 is 2.52 bits per heavy atom. The number of hydrogen-bond acceptors (Lipinski definition) is 6. The van der Waals surface area contributed by atoms with Crippen LogP contribution in [0.3, 0.4) is 0 Å². The fourth-order valence-corrected chi connectivity index (χ4v) is 5.30. The number of anilines is 1. The number of halogens is 4. The minimum atomic E-state index is -4.56. The smallest absolute Gasteiger partial charge is 0.416 e. The molecule has 1 aliphatic heterocycles. The summed E-state index contributed by atoms with van der Waals surface area (Å²) in [5.41, 5.74) is 0.443. The topological polar surface area (TPSA) is 80.2 Å². The lowest BCUT2D eigenvalue weighted by Gasteiger charge is -2.32. The summed E-state index contributed by atoms with van der Waals surface area (Å²) >= 11 is 7.02. The Balaban J connectivity index is 1.61. The van der Waals surface area contributed by atoms with E-state index in [2.05, 4.69) is 10.3 Å². The number of nitrogens with one attached hydrogen (secondary N) is 1. The molecule has 210 valence electrons. The summed E-state index contributed by atoms with van der Waals surface area (Å²) < 4.78 is 50.6. The number of rotatable bonds is 8. The highest BCUT2D eigenvalue weighted by molar-refractivity contribution is 8.15. The Morgan fingerprint density at radius 1 is 1.07 bits per heavy atom. The molecule has 1 aliphatic rings. The number of amides is 2. The number of aliphatic imine (C=N–C) groups is 1. The van der Waals surface area contributed by atoms with Crippen LogP contribution in [0.2, 0.25) is 5.02 Å². The van der Waals surface area contributed by atoms with Crippen molar-refractivity contribution in [2.75, 3.05) is 26.1 Å². The van der Waals surface area contributed by atoms with Crippen LogP contribution in [0.4, 0.5) is 24.5 Å². The van der Waals surface area contributed by atoms with Crippen LogP contribution in [0, 0.1) is 0 Å². The van der Waals surface area contributed by atoms with Crippen LogP contribution in [0.25, 0.3) is 0 Å². The summed E-state index contributed by atoms with van der Waals surface area (Å²) in [4.78, 5) is 32.1. The van der Waals surface area contributed by atoms with Crippen molar-refractivity contribution >= 4 is 51.7 Å². The molecule has 0 spiro atoms. The van der Waals surface area contributed by atoms with E-state index in [9.17, 15) is 22.8 Å². The van der Waals surface area contributed by atoms with Gasteiger partial charge in [0.1, 0.15) is 5.25 Å². The van der Waals surface area contributed by atoms with Gasteiger partial charge in [-0.25, -0.2) is 4.99 Å². The minimum absolute atomic E-state index is 0.0112. The molecule has 40 heavy (non-hydrogen) atoms. The van der Waals surface area contributed by atoms with Gasteiger partial charge in [-0.2, -0.15) is 13.2 Å². The van der Waals surface area contributed by atoms with Gasteiger partial charge in [-0.05, 0) is 60.5 Å². The van der Waals surface area contributed by atoms with Gasteiger partial charge in [0.15, 0.2) is 16.7 Å². The highest BCUT2D eigenvalue weighted by atomic mass is 35.5. The zero-order valence-corrected chi connectivity index (χ0v) is 23.1. The summed E-state index contributed by atoms with van der Waals surface area (Å²) in [5.74, 6) is 0.249. The highest BCUT2D eigenvalue weighted by Crippen LogP contribution is 2.34. The van der Waals surface area contributed by atoms with Gasteiger partial charge in [-0.3, -0.25) is 14.5 Å².